The molecule has 2 aromatic rings. The maximum atomic E-state index is 12.8. The molecule has 0 radical (unpaired) electrons. The second-order valence-corrected chi connectivity index (χ2v) is 4.26. The standard InChI is InChI=1S/C14H10F3N3O2/c15-14(16,17)13-4-2-1-3-10(13)9-18-19-11-5-7-12(8-6-11)20(21)22/h1-9,19H/b18-9-. The Morgan fingerprint density at radius 1 is 1.09 bits per heavy atom. The van der Waals surface area contributed by atoms with Gasteiger partial charge in [-0.05, 0) is 18.2 Å². The van der Waals surface area contributed by atoms with E-state index in [0.717, 1.165) is 12.3 Å². The molecular weight excluding hydrogens is 299 g/mol. The second-order valence-electron chi connectivity index (χ2n) is 4.26. The van der Waals surface area contributed by atoms with Crippen LogP contribution in [-0.2, 0) is 6.18 Å². The van der Waals surface area contributed by atoms with Gasteiger partial charge in [0.15, 0.2) is 0 Å². The number of hydrazone groups is 1. The molecule has 0 atom stereocenters. The van der Waals surface area contributed by atoms with Gasteiger partial charge in [-0.1, -0.05) is 18.2 Å². The van der Waals surface area contributed by atoms with Gasteiger partial charge in [0.2, 0.25) is 0 Å². The molecule has 5 nitrogen and oxygen atoms in total. The molecule has 114 valence electrons. The first-order chi connectivity index (χ1) is 10.4. The highest BCUT2D eigenvalue weighted by Crippen LogP contribution is 2.31. The summed E-state index contributed by atoms with van der Waals surface area (Å²) in [5, 5.41) is 14.2. The Morgan fingerprint density at radius 2 is 1.73 bits per heavy atom. The monoisotopic (exact) mass is 309 g/mol. The van der Waals surface area contributed by atoms with Gasteiger partial charge < -0.3 is 0 Å². The Labute approximate surface area is 123 Å². The minimum atomic E-state index is -4.46. The van der Waals surface area contributed by atoms with Crippen molar-refractivity contribution in [3.8, 4) is 0 Å². The van der Waals surface area contributed by atoms with Crippen molar-refractivity contribution in [3.63, 3.8) is 0 Å². The number of anilines is 1. The minimum Gasteiger partial charge on any atom is -0.278 e. The summed E-state index contributed by atoms with van der Waals surface area (Å²) in [5.41, 5.74) is 1.99. The molecule has 0 spiro atoms. The summed E-state index contributed by atoms with van der Waals surface area (Å²) in [6.07, 6.45) is -3.42. The molecule has 0 saturated heterocycles. The third-order valence-electron chi connectivity index (χ3n) is 2.74. The smallest absolute Gasteiger partial charge is 0.278 e. The molecular formula is C14H10F3N3O2. The van der Waals surface area contributed by atoms with E-state index in [1.54, 1.807) is 0 Å². The molecule has 0 aromatic heterocycles. The summed E-state index contributed by atoms with van der Waals surface area (Å²) in [7, 11) is 0. The molecule has 22 heavy (non-hydrogen) atoms. The van der Waals surface area contributed by atoms with E-state index in [1.807, 2.05) is 0 Å². The number of hydrogen-bond donors (Lipinski definition) is 1. The first-order valence-corrected chi connectivity index (χ1v) is 6.07. The molecule has 0 saturated carbocycles. The third kappa shape index (κ3) is 3.81. The molecule has 0 aliphatic heterocycles. The lowest BCUT2D eigenvalue weighted by Crippen LogP contribution is -2.08. The zero-order valence-corrected chi connectivity index (χ0v) is 11.0. The average Bonchev–Trinajstić information content (AvgIpc) is 2.47. The number of alkyl halides is 3. The Morgan fingerprint density at radius 3 is 2.32 bits per heavy atom. The van der Waals surface area contributed by atoms with Crippen molar-refractivity contribution in [1.82, 2.24) is 0 Å². The van der Waals surface area contributed by atoms with Gasteiger partial charge in [-0.25, -0.2) is 0 Å². The van der Waals surface area contributed by atoms with Gasteiger partial charge in [0.25, 0.3) is 5.69 Å². The zero-order chi connectivity index (χ0) is 16.2. The summed E-state index contributed by atoms with van der Waals surface area (Å²) >= 11 is 0. The van der Waals surface area contributed by atoms with Crippen molar-refractivity contribution in [2.75, 3.05) is 5.43 Å². The molecule has 0 aliphatic rings. The van der Waals surface area contributed by atoms with Gasteiger partial charge in [-0.3, -0.25) is 15.5 Å². The lowest BCUT2D eigenvalue weighted by molar-refractivity contribution is -0.384. The fraction of sp³-hybridized carbons (Fsp3) is 0.0714. The molecule has 0 aliphatic carbocycles. The molecule has 2 aromatic carbocycles. The van der Waals surface area contributed by atoms with E-state index < -0.39 is 16.7 Å². The van der Waals surface area contributed by atoms with Crippen molar-refractivity contribution in [3.05, 3.63) is 69.8 Å². The fourth-order valence-corrected chi connectivity index (χ4v) is 1.70. The average molecular weight is 309 g/mol. The van der Waals surface area contributed by atoms with Gasteiger partial charge in [-0.2, -0.15) is 18.3 Å². The number of nitrogens with zero attached hydrogens (tertiary/aromatic N) is 2. The van der Waals surface area contributed by atoms with Crippen LogP contribution in [0.4, 0.5) is 24.5 Å². The number of hydrogen-bond acceptors (Lipinski definition) is 4. The van der Waals surface area contributed by atoms with Crippen LogP contribution in [0.25, 0.3) is 0 Å². The van der Waals surface area contributed by atoms with Gasteiger partial charge >= 0.3 is 6.18 Å². The van der Waals surface area contributed by atoms with E-state index in [4.69, 9.17) is 0 Å². The molecule has 0 unspecified atom stereocenters. The lowest BCUT2D eigenvalue weighted by atomic mass is 10.1. The van der Waals surface area contributed by atoms with Crippen molar-refractivity contribution < 1.29 is 18.1 Å². The van der Waals surface area contributed by atoms with Gasteiger partial charge in [0.1, 0.15) is 0 Å². The highest BCUT2D eigenvalue weighted by molar-refractivity contribution is 5.82. The summed E-state index contributed by atoms with van der Waals surface area (Å²) in [6, 6.07) is 10.4. The minimum absolute atomic E-state index is 0.0792. The fourth-order valence-electron chi connectivity index (χ4n) is 1.70. The predicted octanol–water partition coefficient (Wildman–Crippen LogP) is 4.06. The quantitative estimate of drug-likeness (QED) is 0.526. The van der Waals surface area contributed by atoms with E-state index in [2.05, 4.69) is 10.5 Å². The molecule has 0 bridgehead atoms. The number of nitro benzene ring substituents is 1. The molecule has 0 fully saturated rings. The summed E-state index contributed by atoms with van der Waals surface area (Å²) in [5.74, 6) is 0. The van der Waals surface area contributed by atoms with Crippen molar-refractivity contribution in [2.24, 2.45) is 5.10 Å². The number of rotatable bonds is 4. The van der Waals surface area contributed by atoms with Crippen LogP contribution < -0.4 is 5.43 Å². The zero-order valence-electron chi connectivity index (χ0n) is 11.0. The third-order valence-corrected chi connectivity index (χ3v) is 2.74. The van der Waals surface area contributed by atoms with Crippen LogP contribution in [0.3, 0.4) is 0 Å². The van der Waals surface area contributed by atoms with Crippen LogP contribution in [0.2, 0.25) is 0 Å². The molecule has 2 rings (SSSR count). The van der Waals surface area contributed by atoms with Crippen molar-refractivity contribution in [2.45, 2.75) is 6.18 Å². The highest BCUT2D eigenvalue weighted by Gasteiger charge is 2.32. The Kier molecular flexibility index (Phi) is 4.40. The van der Waals surface area contributed by atoms with E-state index in [9.17, 15) is 23.3 Å². The predicted molar refractivity (Wildman–Crippen MR) is 75.8 cm³/mol. The molecule has 0 amide bonds. The maximum Gasteiger partial charge on any atom is 0.417 e. The van der Waals surface area contributed by atoms with E-state index in [1.165, 1.54) is 42.5 Å². The number of nitro groups is 1. The van der Waals surface area contributed by atoms with Crippen molar-refractivity contribution >= 4 is 17.6 Å². The largest absolute Gasteiger partial charge is 0.417 e. The number of nitrogens with one attached hydrogen (secondary N) is 1. The van der Waals surface area contributed by atoms with Gasteiger partial charge in [-0.15, -0.1) is 0 Å². The first-order valence-electron chi connectivity index (χ1n) is 6.07. The normalized spacial score (nSPS) is 11.6. The van der Waals surface area contributed by atoms with Crippen LogP contribution in [0.5, 0.6) is 0 Å². The van der Waals surface area contributed by atoms with Crippen LogP contribution in [0, 0.1) is 10.1 Å². The first kappa shape index (κ1) is 15.5. The van der Waals surface area contributed by atoms with E-state index in [0.29, 0.717) is 5.69 Å². The van der Waals surface area contributed by atoms with Gasteiger partial charge in [0, 0.05) is 17.7 Å². The second kappa shape index (κ2) is 6.25. The summed E-state index contributed by atoms with van der Waals surface area (Å²) in [4.78, 5) is 9.94. The van der Waals surface area contributed by atoms with Gasteiger partial charge in [0.05, 0.1) is 22.4 Å². The van der Waals surface area contributed by atoms with Crippen LogP contribution >= 0.6 is 0 Å². The SMILES string of the molecule is O=[N+]([O-])c1ccc(N/N=C\c2ccccc2C(F)(F)F)cc1. The summed E-state index contributed by atoms with van der Waals surface area (Å²) in [6.45, 7) is 0. The van der Waals surface area contributed by atoms with Crippen molar-refractivity contribution in [1.29, 1.82) is 0 Å². The number of halogens is 3. The molecule has 1 N–H and O–H groups in total. The van der Waals surface area contributed by atoms with Crippen LogP contribution in [0.1, 0.15) is 11.1 Å². The number of benzene rings is 2. The molecule has 8 heteroatoms. The van der Waals surface area contributed by atoms with Crippen LogP contribution in [0.15, 0.2) is 53.6 Å². The Balaban J connectivity index is 2.12. The Bertz CT molecular complexity index is 697. The molecule has 0 heterocycles. The maximum absolute atomic E-state index is 12.8. The van der Waals surface area contributed by atoms with Crippen LogP contribution in [-0.4, -0.2) is 11.1 Å². The Hall–Kier alpha value is -2.90. The lowest BCUT2D eigenvalue weighted by Gasteiger charge is -2.09. The summed E-state index contributed by atoms with van der Waals surface area (Å²) < 4.78 is 38.3. The number of non-ortho nitro benzene ring substituents is 1. The highest BCUT2D eigenvalue weighted by atomic mass is 19.4. The van der Waals surface area contributed by atoms with E-state index >= 15 is 0 Å². The topological polar surface area (TPSA) is 67.5 Å². The van der Waals surface area contributed by atoms with E-state index in [-0.39, 0.29) is 11.3 Å².